The molecule has 2 aromatic rings. The molecule has 1 aromatic carbocycles. The SMILES string of the molecule is CC(C)Nc1ccc(OC(C)c2ccccn2)cc1. The van der Waals surface area contributed by atoms with E-state index in [2.05, 4.69) is 24.1 Å². The topological polar surface area (TPSA) is 34.1 Å². The second-order valence-electron chi connectivity index (χ2n) is 4.84. The fourth-order valence-electron chi connectivity index (χ4n) is 1.84. The number of hydrogen-bond donors (Lipinski definition) is 1. The summed E-state index contributed by atoms with van der Waals surface area (Å²) in [6, 6.07) is 14.3. The summed E-state index contributed by atoms with van der Waals surface area (Å²) in [6.07, 6.45) is 1.73. The zero-order valence-electron chi connectivity index (χ0n) is 11.6. The summed E-state index contributed by atoms with van der Waals surface area (Å²) < 4.78 is 5.87. The van der Waals surface area contributed by atoms with E-state index in [9.17, 15) is 0 Å². The number of pyridine rings is 1. The summed E-state index contributed by atoms with van der Waals surface area (Å²) in [4.78, 5) is 4.29. The lowest BCUT2D eigenvalue weighted by Gasteiger charge is -2.15. The lowest BCUT2D eigenvalue weighted by Crippen LogP contribution is -2.09. The van der Waals surface area contributed by atoms with Gasteiger partial charge in [-0.1, -0.05) is 6.07 Å². The van der Waals surface area contributed by atoms with Crippen LogP contribution in [0.3, 0.4) is 0 Å². The summed E-state index contributed by atoms with van der Waals surface area (Å²) in [7, 11) is 0. The van der Waals surface area contributed by atoms with E-state index in [4.69, 9.17) is 4.74 Å². The van der Waals surface area contributed by atoms with E-state index in [-0.39, 0.29) is 6.10 Å². The molecule has 1 aromatic heterocycles. The molecule has 3 heteroatoms. The number of ether oxygens (including phenoxy) is 1. The van der Waals surface area contributed by atoms with Gasteiger partial charge in [0.05, 0.1) is 5.69 Å². The Morgan fingerprint density at radius 1 is 1.00 bits per heavy atom. The Morgan fingerprint density at radius 2 is 1.74 bits per heavy atom. The molecule has 0 aliphatic carbocycles. The molecule has 1 heterocycles. The number of hydrogen-bond acceptors (Lipinski definition) is 3. The molecule has 1 atom stereocenters. The van der Waals surface area contributed by atoms with Crippen LogP contribution in [0.4, 0.5) is 5.69 Å². The van der Waals surface area contributed by atoms with Crippen LogP contribution in [0, 0.1) is 0 Å². The smallest absolute Gasteiger partial charge is 0.138 e. The van der Waals surface area contributed by atoms with Gasteiger partial charge in [0.15, 0.2) is 0 Å². The largest absolute Gasteiger partial charge is 0.484 e. The van der Waals surface area contributed by atoms with Gasteiger partial charge in [-0.3, -0.25) is 4.98 Å². The molecule has 2 rings (SSSR count). The van der Waals surface area contributed by atoms with Crippen molar-refractivity contribution in [2.75, 3.05) is 5.32 Å². The molecule has 0 saturated carbocycles. The first kappa shape index (κ1) is 13.4. The Bertz CT molecular complexity index is 494. The van der Waals surface area contributed by atoms with E-state index in [0.717, 1.165) is 17.1 Å². The van der Waals surface area contributed by atoms with Gasteiger partial charge in [-0.25, -0.2) is 0 Å². The monoisotopic (exact) mass is 256 g/mol. The molecule has 19 heavy (non-hydrogen) atoms. The molecular formula is C16H20N2O. The Hall–Kier alpha value is -2.03. The molecule has 0 bridgehead atoms. The molecule has 0 spiro atoms. The molecule has 0 amide bonds. The Kier molecular flexibility index (Phi) is 4.39. The number of benzene rings is 1. The number of anilines is 1. The third-order valence-corrected chi connectivity index (χ3v) is 2.73. The Morgan fingerprint density at radius 3 is 2.32 bits per heavy atom. The lowest BCUT2D eigenvalue weighted by atomic mass is 10.2. The molecule has 0 saturated heterocycles. The van der Waals surface area contributed by atoms with E-state index >= 15 is 0 Å². The lowest BCUT2D eigenvalue weighted by molar-refractivity contribution is 0.222. The second-order valence-corrected chi connectivity index (χ2v) is 4.84. The maximum atomic E-state index is 5.87. The molecule has 1 N–H and O–H groups in total. The molecule has 1 unspecified atom stereocenters. The van der Waals surface area contributed by atoms with Gasteiger partial charge < -0.3 is 10.1 Å². The molecule has 0 radical (unpaired) electrons. The maximum absolute atomic E-state index is 5.87. The van der Waals surface area contributed by atoms with Crippen LogP contribution in [0.15, 0.2) is 48.7 Å². The minimum absolute atomic E-state index is 0.0508. The van der Waals surface area contributed by atoms with Gasteiger partial charge in [0.1, 0.15) is 11.9 Å². The fourth-order valence-corrected chi connectivity index (χ4v) is 1.84. The third-order valence-electron chi connectivity index (χ3n) is 2.73. The summed E-state index contributed by atoms with van der Waals surface area (Å²) >= 11 is 0. The average Bonchev–Trinajstić information content (AvgIpc) is 2.41. The molecule has 0 fully saturated rings. The fraction of sp³-hybridized carbons (Fsp3) is 0.312. The van der Waals surface area contributed by atoms with Crippen molar-refractivity contribution in [2.24, 2.45) is 0 Å². The highest BCUT2D eigenvalue weighted by Gasteiger charge is 2.07. The first-order valence-electron chi connectivity index (χ1n) is 6.59. The van der Waals surface area contributed by atoms with Crippen LogP contribution in [-0.4, -0.2) is 11.0 Å². The van der Waals surface area contributed by atoms with Gasteiger partial charge in [0.2, 0.25) is 0 Å². The van der Waals surface area contributed by atoms with E-state index in [1.807, 2.05) is 49.4 Å². The molecule has 100 valence electrons. The van der Waals surface area contributed by atoms with Gasteiger partial charge in [0, 0.05) is 17.9 Å². The third kappa shape index (κ3) is 3.98. The predicted octanol–water partition coefficient (Wildman–Crippen LogP) is 4.04. The second kappa shape index (κ2) is 6.23. The van der Waals surface area contributed by atoms with Crippen molar-refractivity contribution in [3.63, 3.8) is 0 Å². The van der Waals surface area contributed by atoms with E-state index < -0.39 is 0 Å². The van der Waals surface area contributed by atoms with Crippen LogP contribution in [0.2, 0.25) is 0 Å². The van der Waals surface area contributed by atoms with Crippen molar-refractivity contribution in [3.8, 4) is 5.75 Å². The number of aromatic nitrogens is 1. The number of rotatable bonds is 5. The van der Waals surface area contributed by atoms with Gasteiger partial charge in [-0.15, -0.1) is 0 Å². The highest BCUT2D eigenvalue weighted by molar-refractivity contribution is 5.46. The van der Waals surface area contributed by atoms with Crippen LogP contribution in [0.1, 0.15) is 32.6 Å². The molecular weight excluding hydrogens is 236 g/mol. The minimum Gasteiger partial charge on any atom is -0.484 e. The minimum atomic E-state index is -0.0508. The zero-order valence-corrected chi connectivity index (χ0v) is 11.6. The van der Waals surface area contributed by atoms with E-state index in [1.165, 1.54) is 0 Å². The summed E-state index contributed by atoms with van der Waals surface area (Å²) in [5, 5.41) is 3.35. The average molecular weight is 256 g/mol. The van der Waals surface area contributed by atoms with Crippen molar-refractivity contribution in [2.45, 2.75) is 32.9 Å². The summed E-state index contributed by atoms with van der Waals surface area (Å²) in [5.41, 5.74) is 2.04. The van der Waals surface area contributed by atoms with Crippen molar-refractivity contribution in [1.29, 1.82) is 0 Å². The molecule has 0 aliphatic rings. The summed E-state index contributed by atoms with van der Waals surface area (Å²) in [5.74, 6) is 0.854. The van der Waals surface area contributed by atoms with Crippen LogP contribution < -0.4 is 10.1 Å². The van der Waals surface area contributed by atoms with Crippen LogP contribution in [0.5, 0.6) is 5.75 Å². The molecule has 3 nitrogen and oxygen atoms in total. The van der Waals surface area contributed by atoms with Gasteiger partial charge in [0.25, 0.3) is 0 Å². The summed E-state index contributed by atoms with van der Waals surface area (Å²) in [6.45, 7) is 6.24. The van der Waals surface area contributed by atoms with Crippen LogP contribution >= 0.6 is 0 Å². The highest BCUT2D eigenvalue weighted by Crippen LogP contribution is 2.22. The van der Waals surface area contributed by atoms with E-state index in [1.54, 1.807) is 6.20 Å². The van der Waals surface area contributed by atoms with Crippen molar-refractivity contribution < 1.29 is 4.74 Å². The Balaban J connectivity index is 1.99. The van der Waals surface area contributed by atoms with Crippen molar-refractivity contribution in [1.82, 2.24) is 4.98 Å². The van der Waals surface area contributed by atoms with Gasteiger partial charge >= 0.3 is 0 Å². The quantitative estimate of drug-likeness (QED) is 0.876. The van der Waals surface area contributed by atoms with Crippen LogP contribution in [0.25, 0.3) is 0 Å². The number of nitrogens with one attached hydrogen (secondary N) is 1. The van der Waals surface area contributed by atoms with Crippen molar-refractivity contribution >= 4 is 5.69 Å². The first-order chi connectivity index (χ1) is 9.15. The van der Waals surface area contributed by atoms with Gasteiger partial charge in [-0.2, -0.15) is 0 Å². The first-order valence-corrected chi connectivity index (χ1v) is 6.59. The van der Waals surface area contributed by atoms with Crippen molar-refractivity contribution in [3.05, 3.63) is 54.4 Å². The standard InChI is InChI=1S/C16H20N2O/c1-12(2)18-14-7-9-15(10-8-14)19-13(3)16-6-4-5-11-17-16/h4-13,18H,1-3H3. The van der Waals surface area contributed by atoms with E-state index in [0.29, 0.717) is 6.04 Å². The Labute approximate surface area is 114 Å². The predicted molar refractivity (Wildman–Crippen MR) is 78.5 cm³/mol. The van der Waals surface area contributed by atoms with Gasteiger partial charge in [-0.05, 0) is 57.2 Å². The zero-order chi connectivity index (χ0) is 13.7. The maximum Gasteiger partial charge on any atom is 0.138 e. The normalized spacial score (nSPS) is 12.2. The van der Waals surface area contributed by atoms with Crippen LogP contribution in [-0.2, 0) is 0 Å². The number of nitrogens with zero attached hydrogens (tertiary/aromatic N) is 1. The highest BCUT2D eigenvalue weighted by atomic mass is 16.5. The molecule has 0 aliphatic heterocycles.